The topological polar surface area (TPSA) is 45.6 Å². The van der Waals surface area contributed by atoms with E-state index in [2.05, 4.69) is 9.98 Å². The van der Waals surface area contributed by atoms with Crippen molar-refractivity contribution in [3.05, 3.63) is 30.1 Å². The molecule has 90 valence electrons. The minimum absolute atomic E-state index is 0.0874. The van der Waals surface area contributed by atoms with Gasteiger partial charge in [0.1, 0.15) is 11.2 Å². The molecule has 0 N–H and O–H groups in total. The van der Waals surface area contributed by atoms with Gasteiger partial charge in [0, 0.05) is 13.2 Å². The van der Waals surface area contributed by atoms with Crippen molar-refractivity contribution in [2.24, 2.45) is 10.9 Å². The first-order valence-corrected chi connectivity index (χ1v) is 5.76. The molecular formula is C13H17N3O. The van der Waals surface area contributed by atoms with Gasteiger partial charge in [-0.2, -0.15) is 4.99 Å². The summed E-state index contributed by atoms with van der Waals surface area (Å²) < 4.78 is 0. The molecule has 4 nitrogen and oxygen atoms in total. The zero-order valence-electron chi connectivity index (χ0n) is 10.6. The highest BCUT2D eigenvalue weighted by molar-refractivity contribution is 6.12. The monoisotopic (exact) mass is 231 g/mol. The minimum atomic E-state index is -0.563. The van der Waals surface area contributed by atoms with Crippen molar-refractivity contribution >= 4 is 11.7 Å². The molecule has 1 aliphatic rings. The van der Waals surface area contributed by atoms with Gasteiger partial charge < -0.3 is 4.90 Å². The van der Waals surface area contributed by atoms with Crippen LogP contribution >= 0.6 is 0 Å². The fourth-order valence-corrected chi connectivity index (χ4v) is 2.01. The van der Waals surface area contributed by atoms with Gasteiger partial charge >= 0.3 is 0 Å². The maximum atomic E-state index is 12.1. The first-order valence-electron chi connectivity index (χ1n) is 5.76. The predicted molar refractivity (Wildman–Crippen MR) is 66.8 cm³/mol. The summed E-state index contributed by atoms with van der Waals surface area (Å²) in [7, 11) is 1.90. The average molecular weight is 231 g/mol. The van der Waals surface area contributed by atoms with Crippen molar-refractivity contribution in [3.63, 3.8) is 0 Å². The van der Waals surface area contributed by atoms with Crippen molar-refractivity contribution < 1.29 is 4.79 Å². The maximum absolute atomic E-state index is 12.1. The van der Waals surface area contributed by atoms with Crippen LogP contribution in [0.1, 0.15) is 26.5 Å². The van der Waals surface area contributed by atoms with E-state index in [0.717, 1.165) is 5.69 Å². The van der Waals surface area contributed by atoms with Crippen LogP contribution in [0.4, 0.5) is 0 Å². The molecule has 1 aromatic rings. The van der Waals surface area contributed by atoms with E-state index < -0.39 is 5.54 Å². The summed E-state index contributed by atoms with van der Waals surface area (Å²) in [5.41, 5.74) is 0.181. The number of amidine groups is 1. The van der Waals surface area contributed by atoms with Crippen LogP contribution in [0.25, 0.3) is 0 Å². The number of carbonyl (C=O) groups is 1. The molecule has 0 aliphatic carbocycles. The number of nitrogens with zero attached hydrogens (tertiary/aromatic N) is 3. The van der Waals surface area contributed by atoms with E-state index >= 15 is 0 Å². The Bertz CT molecular complexity index is 467. The third-order valence-corrected chi connectivity index (χ3v) is 3.67. The largest absolute Gasteiger partial charge is 0.343 e. The van der Waals surface area contributed by atoms with Gasteiger partial charge in [0.15, 0.2) is 5.84 Å². The molecule has 0 bridgehead atoms. The molecular weight excluding hydrogens is 214 g/mol. The third kappa shape index (κ3) is 1.64. The highest BCUT2D eigenvalue weighted by Gasteiger charge is 2.47. The van der Waals surface area contributed by atoms with E-state index in [4.69, 9.17) is 0 Å². The first kappa shape index (κ1) is 11.8. The lowest BCUT2D eigenvalue weighted by Crippen LogP contribution is -2.51. The molecule has 0 unspecified atom stereocenters. The van der Waals surface area contributed by atoms with Gasteiger partial charge in [-0.15, -0.1) is 0 Å². The maximum Gasteiger partial charge on any atom is 0.273 e. The van der Waals surface area contributed by atoms with Crippen LogP contribution in [-0.4, -0.2) is 34.2 Å². The van der Waals surface area contributed by atoms with Crippen LogP contribution < -0.4 is 0 Å². The van der Waals surface area contributed by atoms with E-state index in [1.807, 2.05) is 50.9 Å². The number of pyridine rings is 1. The molecule has 0 aromatic carbocycles. The first-order chi connectivity index (χ1) is 7.98. The van der Waals surface area contributed by atoms with Crippen molar-refractivity contribution in [2.45, 2.75) is 26.3 Å². The lowest BCUT2D eigenvalue weighted by molar-refractivity contribution is -0.126. The summed E-state index contributed by atoms with van der Waals surface area (Å²) in [5.74, 6) is 0.771. The summed E-state index contributed by atoms with van der Waals surface area (Å²) in [6.07, 6.45) is 1.71. The summed E-state index contributed by atoms with van der Waals surface area (Å²) in [5, 5.41) is 0. The number of rotatable bonds is 2. The molecule has 4 heteroatoms. The smallest absolute Gasteiger partial charge is 0.273 e. The molecule has 1 aromatic heterocycles. The number of aliphatic imine (C=N–C) groups is 1. The zero-order valence-corrected chi connectivity index (χ0v) is 10.6. The van der Waals surface area contributed by atoms with E-state index in [9.17, 15) is 4.79 Å². The van der Waals surface area contributed by atoms with Crippen LogP contribution in [0.2, 0.25) is 0 Å². The second-order valence-electron chi connectivity index (χ2n) is 4.82. The van der Waals surface area contributed by atoms with Gasteiger partial charge in [0.2, 0.25) is 0 Å². The van der Waals surface area contributed by atoms with Gasteiger partial charge in [0.25, 0.3) is 5.91 Å². The number of amides is 1. The number of hydrogen-bond acceptors (Lipinski definition) is 3. The molecule has 0 fully saturated rings. The Morgan fingerprint density at radius 3 is 2.53 bits per heavy atom. The van der Waals surface area contributed by atoms with Crippen LogP contribution in [-0.2, 0) is 4.79 Å². The second kappa shape index (κ2) is 3.95. The lowest BCUT2D eigenvalue weighted by atomic mass is 9.87. The highest BCUT2D eigenvalue weighted by Crippen LogP contribution is 2.31. The molecule has 2 rings (SSSR count). The Balaban J connectivity index is 2.42. The zero-order chi connectivity index (χ0) is 12.6. The molecule has 0 saturated heterocycles. The Hall–Kier alpha value is -1.71. The summed E-state index contributed by atoms with van der Waals surface area (Å²) in [4.78, 5) is 22.4. The molecule has 17 heavy (non-hydrogen) atoms. The molecule has 1 amide bonds. The van der Waals surface area contributed by atoms with Crippen molar-refractivity contribution in [3.8, 4) is 0 Å². The quantitative estimate of drug-likeness (QED) is 0.778. The lowest BCUT2D eigenvalue weighted by Gasteiger charge is -2.35. The molecule has 1 atom stereocenters. The van der Waals surface area contributed by atoms with Crippen LogP contribution in [0.15, 0.2) is 29.4 Å². The van der Waals surface area contributed by atoms with Gasteiger partial charge in [-0.1, -0.05) is 19.9 Å². The molecule has 0 spiro atoms. The van der Waals surface area contributed by atoms with Crippen LogP contribution in [0, 0.1) is 5.92 Å². The minimum Gasteiger partial charge on any atom is -0.343 e. The fourth-order valence-electron chi connectivity index (χ4n) is 2.01. The number of likely N-dealkylation sites (N-methyl/N-ethyl adjacent to an activating group) is 1. The van der Waals surface area contributed by atoms with Crippen LogP contribution in [0.5, 0.6) is 0 Å². The van der Waals surface area contributed by atoms with E-state index in [-0.39, 0.29) is 11.8 Å². The number of aromatic nitrogens is 1. The Labute approximate surface area is 101 Å². The number of hydrogen-bond donors (Lipinski definition) is 0. The second-order valence-corrected chi connectivity index (χ2v) is 4.82. The SMILES string of the molecule is CC(C)[C@@]1(C)C(=O)N=C(c2ccccn2)N1C. The van der Waals surface area contributed by atoms with Crippen molar-refractivity contribution in [1.29, 1.82) is 0 Å². The molecule has 0 radical (unpaired) electrons. The van der Waals surface area contributed by atoms with Crippen molar-refractivity contribution in [1.82, 2.24) is 9.88 Å². The Morgan fingerprint density at radius 2 is 2.06 bits per heavy atom. The molecule has 0 saturated carbocycles. The Morgan fingerprint density at radius 1 is 1.35 bits per heavy atom. The summed E-state index contributed by atoms with van der Waals surface area (Å²) in [6.45, 7) is 6.00. The fraction of sp³-hybridized carbons (Fsp3) is 0.462. The number of carbonyl (C=O) groups excluding carboxylic acids is 1. The summed E-state index contributed by atoms with van der Waals surface area (Å²) >= 11 is 0. The van der Waals surface area contributed by atoms with Crippen LogP contribution in [0.3, 0.4) is 0 Å². The standard InChI is InChI=1S/C13H17N3O/c1-9(2)13(3)12(17)15-11(16(13)4)10-7-5-6-8-14-10/h5-9H,1-4H3/t13-/m0/s1. The van der Waals surface area contributed by atoms with E-state index in [0.29, 0.717) is 5.84 Å². The predicted octanol–water partition coefficient (Wildman–Crippen LogP) is 1.71. The van der Waals surface area contributed by atoms with Crippen molar-refractivity contribution in [2.75, 3.05) is 7.05 Å². The summed E-state index contributed by atoms with van der Waals surface area (Å²) in [6, 6.07) is 5.62. The highest BCUT2D eigenvalue weighted by atomic mass is 16.2. The van der Waals surface area contributed by atoms with Gasteiger partial charge in [-0.05, 0) is 25.0 Å². The van der Waals surface area contributed by atoms with E-state index in [1.165, 1.54) is 0 Å². The van der Waals surface area contributed by atoms with Gasteiger partial charge in [-0.25, -0.2) is 0 Å². The Kier molecular flexibility index (Phi) is 2.73. The molecule has 1 aliphatic heterocycles. The third-order valence-electron chi connectivity index (χ3n) is 3.67. The normalized spacial score (nSPS) is 24.4. The van der Waals surface area contributed by atoms with E-state index in [1.54, 1.807) is 6.20 Å². The van der Waals surface area contributed by atoms with Gasteiger partial charge in [-0.3, -0.25) is 9.78 Å². The average Bonchev–Trinajstić information content (AvgIpc) is 2.56. The van der Waals surface area contributed by atoms with Gasteiger partial charge in [0.05, 0.1) is 0 Å². The molecule has 2 heterocycles.